The maximum Gasteiger partial charge on any atom is 0.136 e. The Kier molecular flexibility index (Phi) is 5.70. The zero-order valence-electron chi connectivity index (χ0n) is 27.0. The van der Waals surface area contributed by atoms with Crippen LogP contribution in [0.15, 0.2) is 179 Å². The Bertz CT molecular complexity index is 3080. The van der Waals surface area contributed by atoms with Gasteiger partial charge in [-0.2, -0.15) is 0 Å². The van der Waals surface area contributed by atoms with Crippen LogP contribution in [0.4, 0.5) is 0 Å². The van der Waals surface area contributed by atoms with Crippen LogP contribution in [0.2, 0.25) is 0 Å². The number of benzene rings is 9. The summed E-state index contributed by atoms with van der Waals surface area (Å²) in [5.41, 5.74) is 10.8. The number of rotatable bonds is 3. The summed E-state index contributed by atoms with van der Waals surface area (Å²) >= 11 is 0. The van der Waals surface area contributed by atoms with E-state index in [-0.39, 0.29) is 0 Å². The quantitative estimate of drug-likeness (QED) is 0.180. The van der Waals surface area contributed by atoms with E-state index in [9.17, 15) is 0 Å². The number of para-hydroxylation sites is 1. The molecule has 0 aliphatic carbocycles. The van der Waals surface area contributed by atoms with Crippen molar-refractivity contribution in [2.45, 2.75) is 0 Å². The standard InChI is InChI=1S/C48H28O2/c1-2-12-33-29(10-1)11-9-18-34(33)30-20-22-31(23-21-30)45-35-13-3-5-15-37(35)46(38-16-6-4-14-36(38)45)32-24-25-40-44(28-32)50-43-27-26-42-47(48(40)43)39-17-7-8-19-41(39)49-42/h1-28H. The van der Waals surface area contributed by atoms with Crippen molar-refractivity contribution >= 4 is 76.2 Å². The van der Waals surface area contributed by atoms with Crippen molar-refractivity contribution in [3.8, 4) is 33.4 Å². The molecule has 2 heterocycles. The first-order chi connectivity index (χ1) is 24.8. The number of furan rings is 2. The molecule has 0 saturated heterocycles. The lowest BCUT2D eigenvalue weighted by molar-refractivity contribution is 0.663. The summed E-state index contributed by atoms with van der Waals surface area (Å²) in [4.78, 5) is 0. The van der Waals surface area contributed by atoms with Crippen molar-refractivity contribution in [2.75, 3.05) is 0 Å². The van der Waals surface area contributed by atoms with Crippen LogP contribution in [0, 0.1) is 0 Å². The minimum Gasteiger partial charge on any atom is -0.456 e. The summed E-state index contributed by atoms with van der Waals surface area (Å²) in [6, 6.07) is 60.9. The van der Waals surface area contributed by atoms with Crippen molar-refractivity contribution in [3.63, 3.8) is 0 Å². The van der Waals surface area contributed by atoms with Gasteiger partial charge in [-0.15, -0.1) is 0 Å². The molecule has 232 valence electrons. The molecule has 0 fully saturated rings. The topological polar surface area (TPSA) is 26.3 Å². The van der Waals surface area contributed by atoms with Crippen molar-refractivity contribution in [2.24, 2.45) is 0 Å². The second-order valence-corrected chi connectivity index (χ2v) is 13.2. The zero-order chi connectivity index (χ0) is 32.8. The van der Waals surface area contributed by atoms with Gasteiger partial charge in [-0.05, 0) is 96.0 Å². The minimum atomic E-state index is 0.869. The molecular weight excluding hydrogens is 609 g/mol. The molecule has 0 amide bonds. The summed E-state index contributed by atoms with van der Waals surface area (Å²) in [6.45, 7) is 0. The highest BCUT2D eigenvalue weighted by atomic mass is 16.3. The van der Waals surface area contributed by atoms with E-state index in [1.165, 1.54) is 60.1 Å². The molecule has 0 aliphatic heterocycles. The van der Waals surface area contributed by atoms with Crippen molar-refractivity contribution < 1.29 is 8.83 Å². The Labute approximate surface area is 287 Å². The molecule has 2 aromatic heterocycles. The van der Waals surface area contributed by atoms with Crippen LogP contribution in [0.25, 0.3) is 110 Å². The van der Waals surface area contributed by atoms with Gasteiger partial charge in [0.25, 0.3) is 0 Å². The van der Waals surface area contributed by atoms with Gasteiger partial charge in [0.2, 0.25) is 0 Å². The average Bonchev–Trinajstić information content (AvgIpc) is 3.74. The fourth-order valence-electron chi connectivity index (χ4n) is 8.28. The molecule has 0 bridgehead atoms. The van der Waals surface area contributed by atoms with Crippen LogP contribution in [0.5, 0.6) is 0 Å². The van der Waals surface area contributed by atoms with Gasteiger partial charge in [-0.1, -0.05) is 140 Å². The average molecular weight is 637 g/mol. The molecule has 0 spiro atoms. The van der Waals surface area contributed by atoms with Crippen molar-refractivity contribution in [1.82, 2.24) is 0 Å². The van der Waals surface area contributed by atoms with E-state index in [1.54, 1.807) is 0 Å². The van der Waals surface area contributed by atoms with Crippen LogP contribution in [0.3, 0.4) is 0 Å². The third-order valence-electron chi connectivity index (χ3n) is 10.5. The van der Waals surface area contributed by atoms with Crippen LogP contribution >= 0.6 is 0 Å². The van der Waals surface area contributed by atoms with E-state index in [0.29, 0.717) is 0 Å². The Morgan fingerprint density at radius 1 is 0.280 bits per heavy atom. The molecular formula is C48H28O2. The predicted octanol–water partition coefficient (Wildman–Crippen LogP) is 13.9. The molecule has 50 heavy (non-hydrogen) atoms. The molecule has 0 N–H and O–H groups in total. The minimum absolute atomic E-state index is 0.869. The van der Waals surface area contributed by atoms with Gasteiger partial charge in [0.15, 0.2) is 0 Å². The highest BCUT2D eigenvalue weighted by Gasteiger charge is 2.20. The Hall–Kier alpha value is -6.64. The molecule has 0 atom stereocenters. The number of fused-ring (bicyclic) bond motifs is 10. The summed E-state index contributed by atoms with van der Waals surface area (Å²) in [7, 11) is 0. The van der Waals surface area contributed by atoms with Gasteiger partial charge in [0.05, 0.1) is 0 Å². The summed E-state index contributed by atoms with van der Waals surface area (Å²) in [6.07, 6.45) is 0. The molecule has 0 radical (unpaired) electrons. The summed E-state index contributed by atoms with van der Waals surface area (Å²) in [5.74, 6) is 0. The first kappa shape index (κ1) is 27.3. The first-order valence-electron chi connectivity index (χ1n) is 17.1. The van der Waals surface area contributed by atoms with Gasteiger partial charge < -0.3 is 8.83 Å². The molecule has 2 nitrogen and oxygen atoms in total. The van der Waals surface area contributed by atoms with E-state index in [4.69, 9.17) is 8.83 Å². The van der Waals surface area contributed by atoms with Crippen LogP contribution in [-0.2, 0) is 0 Å². The largest absolute Gasteiger partial charge is 0.456 e. The Morgan fingerprint density at radius 2 is 0.760 bits per heavy atom. The summed E-state index contributed by atoms with van der Waals surface area (Å²) in [5, 5.41) is 11.8. The van der Waals surface area contributed by atoms with Gasteiger partial charge in [-0.25, -0.2) is 0 Å². The third-order valence-corrected chi connectivity index (χ3v) is 10.5. The second kappa shape index (κ2) is 10.4. The molecule has 0 aliphatic rings. The molecule has 11 rings (SSSR count). The van der Waals surface area contributed by atoms with Crippen LogP contribution in [0.1, 0.15) is 0 Å². The third kappa shape index (κ3) is 3.90. The smallest absolute Gasteiger partial charge is 0.136 e. The molecule has 2 heteroatoms. The van der Waals surface area contributed by atoms with E-state index in [1.807, 2.05) is 24.3 Å². The normalized spacial score (nSPS) is 12.0. The van der Waals surface area contributed by atoms with E-state index in [0.717, 1.165) is 49.4 Å². The zero-order valence-corrected chi connectivity index (χ0v) is 27.0. The Balaban J connectivity index is 1.12. The number of hydrogen-bond donors (Lipinski definition) is 0. The molecule has 11 aromatic rings. The predicted molar refractivity (Wildman–Crippen MR) is 210 cm³/mol. The maximum atomic E-state index is 6.59. The van der Waals surface area contributed by atoms with Gasteiger partial charge >= 0.3 is 0 Å². The van der Waals surface area contributed by atoms with Crippen molar-refractivity contribution in [1.29, 1.82) is 0 Å². The lowest BCUT2D eigenvalue weighted by Gasteiger charge is -2.18. The van der Waals surface area contributed by atoms with Gasteiger partial charge in [0, 0.05) is 21.5 Å². The van der Waals surface area contributed by atoms with Gasteiger partial charge in [0.1, 0.15) is 22.3 Å². The van der Waals surface area contributed by atoms with Crippen LogP contribution < -0.4 is 0 Å². The number of hydrogen-bond acceptors (Lipinski definition) is 2. The monoisotopic (exact) mass is 636 g/mol. The molecule has 0 unspecified atom stereocenters. The highest BCUT2D eigenvalue weighted by molar-refractivity contribution is 6.27. The fourth-order valence-corrected chi connectivity index (χ4v) is 8.28. The Morgan fingerprint density at radius 3 is 1.44 bits per heavy atom. The first-order valence-corrected chi connectivity index (χ1v) is 17.1. The molecule has 9 aromatic carbocycles. The fraction of sp³-hybridized carbons (Fsp3) is 0. The SMILES string of the molecule is c1ccc2c(-c3ccc(-c4c5ccccc5c(-c5ccc6c(c5)oc5ccc7oc8ccccc8c7c56)c5ccccc45)cc3)cccc2c1. The van der Waals surface area contributed by atoms with E-state index < -0.39 is 0 Å². The molecule has 0 saturated carbocycles. The van der Waals surface area contributed by atoms with Gasteiger partial charge in [-0.3, -0.25) is 0 Å². The lowest BCUT2D eigenvalue weighted by atomic mass is 9.85. The van der Waals surface area contributed by atoms with E-state index in [2.05, 4.69) is 146 Å². The van der Waals surface area contributed by atoms with E-state index >= 15 is 0 Å². The maximum absolute atomic E-state index is 6.59. The summed E-state index contributed by atoms with van der Waals surface area (Å²) < 4.78 is 12.8. The lowest BCUT2D eigenvalue weighted by Crippen LogP contribution is -1.91. The van der Waals surface area contributed by atoms with Crippen LogP contribution in [-0.4, -0.2) is 0 Å². The van der Waals surface area contributed by atoms with Crippen molar-refractivity contribution in [3.05, 3.63) is 170 Å². The second-order valence-electron chi connectivity index (χ2n) is 13.2. The highest BCUT2D eigenvalue weighted by Crippen LogP contribution is 2.46.